The van der Waals surface area contributed by atoms with Crippen LogP contribution in [0, 0.1) is 0 Å². The van der Waals surface area contributed by atoms with Crippen molar-refractivity contribution in [3.63, 3.8) is 0 Å². The Morgan fingerprint density at radius 3 is 2.55 bits per heavy atom. The van der Waals surface area contributed by atoms with Crippen LogP contribution >= 0.6 is 0 Å². The summed E-state index contributed by atoms with van der Waals surface area (Å²) in [4.78, 5) is 16.8. The number of hydrogen-bond donors (Lipinski definition) is 0. The number of nitrogens with zero attached hydrogens (tertiary/aromatic N) is 1. The van der Waals surface area contributed by atoms with Crippen LogP contribution in [0.4, 0.5) is 0 Å². The van der Waals surface area contributed by atoms with E-state index < -0.39 is 0 Å². The van der Waals surface area contributed by atoms with Gasteiger partial charge >= 0.3 is 0 Å². The quantitative estimate of drug-likeness (QED) is 0.767. The van der Waals surface area contributed by atoms with Gasteiger partial charge in [0.25, 0.3) is 0 Å². The number of carbonyl (C=O) groups is 1. The Labute approximate surface area is 121 Å². The average molecular weight is 273 g/mol. The van der Waals surface area contributed by atoms with Gasteiger partial charge in [-0.2, -0.15) is 0 Å². The lowest BCUT2D eigenvalue weighted by molar-refractivity contribution is -0.230. The SMILES string of the molecule is C=C1CCCC(C)(C)N1OC(C)c1ccc(C=O)cc1. The lowest BCUT2D eigenvalue weighted by atomic mass is 9.91. The fourth-order valence-electron chi connectivity index (χ4n) is 2.64. The van der Waals surface area contributed by atoms with Crippen molar-refractivity contribution in [1.82, 2.24) is 5.06 Å². The Morgan fingerprint density at radius 1 is 1.35 bits per heavy atom. The van der Waals surface area contributed by atoms with Crippen LogP contribution < -0.4 is 0 Å². The molecule has 0 aromatic heterocycles. The van der Waals surface area contributed by atoms with Crippen molar-refractivity contribution in [2.24, 2.45) is 0 Å². The summed E-state index contributed by atoms with van der Waals surface area (Å²) >= 11 is 0. The van der Waals surface area contributed by atoms with Crippen molar-refractivity contribution in [3.8, 4) is 0 Å². The topological polar surface area (TPSA) is 29.5 Å². The van der Waals surface area contributed by atoms with Crippen molar-refractivity contribution >= 4 is 6.29 Å². The molecule has 2 rings (SSSR count). The van der Waals surface area contributed by atoms with Gasteiger partial charge in [0, 0.05) is 11.3 Å². The third-order valence-corrected chi connectivity index (χ3v) is 3.90. The molecule has 0 aliphatic carbocycles. The molecule has 3 nitrogen and oxygen atoms in total. The number of aldehydes is 1. The second-order valence-corrected chi connectivity index (χ2v) is 6.06. The molecule has 1 heterocycles. The Kier molecular flexibility index (Phi) is 4.29. The highest BCUT2D eigenvalue weighted by Crippen LogP contribution is 2.35. The molecule has 0 radical (unpaired) electrons. The first-order chi connectivity index (χ1) is 9.44. The van der Waals surface area contributed by atoms with Crippen LogP contribution in [0.5, 0.6) is 0 Å². The minimum Gasteiger partial charge on any atom is -0.298 e. The molecular weight excluding hydrogens is 250 g/mol. The molecule has 1 fully saturated rings. The fourth-order valence-corrected chi connectivity index (χ4v) is 2.64. The van der Waals surface area contributed by atoms with E-state index in [1.54, 1.807) is 0 Å². The largest absolute Gasteiger partial charge is 0.298 e. The summed E-state index contributed by atoms with van der Waals surface area (Å²) in [5.41, 5.74) is 2.76. The summed E-state index contributed by atoms with van der Waals surface area (Å²) in [5.74, 6) is 0. The van der Waals surface area contributed by atoms with E-state index in [2.05, 4.69) is 20.4 Å². The highest BCUT2D eigenvalue weighted by molar-refractivity contribution is 5.74. The van der Waals surface area contributed by atoms with Gasteiger partial charge in [-0.25, -0.2) is 0 Å². The van der Waals surface area contributed by atoms with Crippen molar-refractivity contribution in [1.29, 1.82) is 0 Å². The summed E-state index contributed by atoms with van der Waals surface area (Å²) in [6.45, 7) is 10.5. The Bertz CT molecular complexity index is 490. The minimum atomic E-state index is -0.0650. The number of hydroxylamine groups is 2. The molecule has 3 heteroatoms. The van der Waals surface area contributed by atoms with Gasteiger partial charge in [-0.05, 0) is 45.6 Å². The molecule has 20 heavy (non-hydrogen) atoms. The van der Waals surface area contributed by atoms with E-state index in [-0.39, 0.29) is 11.6 Å². The first-order valence-electron chi connectivity index (χ1n) is 7.14. The van der Waals surface area contributed by atoms with Gasteiger partial charge in [0.05, 0.1) is 5.54 Å². The van der Waals surface area contributed by atoms with Gasteiger partial charge < -0.3 is 0 Å². The maximum absolute atomic E-state index is 10.7. The van der Waals surface area contributed by atoms with E-state index >= 15 is 0 Å². The van der Waals surface area contributed by atoms with E-state index in [1.165, 1.54) is 0 Å². The van der Waals surface area contributed by atoms with Crippen molar-refractivity contribution in [2.75, 3.05) is 0 Å². The fraction of sp³-hybridized carbons (Fsp3) is 0.471. The molecule has 0 bridgehead atoms. The Morgan fingerprint density at radius 2 is 2.00 bits per heavy atom. The number of allylic oxidation sites excluding steroid dienone is 1. The molecule has 1 aliphatic rings. The van der Waals surface area contributed by atoms with Crippen molar-refractivity contribution < 1.29 is 9.63 Å². The van der Waals surface area contributed by atoms with E-state index in [9.17, 15) is 4.79 Å². The first-order valence-corrected chi connectivity index (χ1v) is 7.14. The molecule has 1 aromatic carbocycles. The van der Waals surface area contributed by atoms with Crippen molar-refractivity contribution in [2.45, 2.75) is 51.7 Å². The lowest BCUT2D eigenvalue weighted by Gasteiger charge is -2.45. The summed E-state index contributed by atoms with van der Waals surface area (Å²) in [7, 11) is 0. The zero-order valence-corrected chi connectivity index (χ0v) is 12.6. The van der Waals surface area contributed by atoms with Crippen LogP contribution in [0.3, 0.4) is 0 Å². The third kappa shape index (κ3) is 3.10. The number of rotatable bonds is 4. The number of hydrogen-bond acceptors (Lipinski definition) is 3. The highest BCUT2D eigenvalue weighted by Gasteiger charge is 2.33. The predicted octanol–water partition coefficient (Wildman–Crippen LogP) is 4.27. The molecule has 0 spiro atoms. The maximum atomic E-state index is 10.7. The number of benzene rings is 1. The minimum absolute atomic E-state index is 0.0215. The van der Waals surface area contributed by atoms with E-state index in [1.807, 2.05) is 36.3 Å². The average Bonchev–Trinajstić information content (AvgIpc) is 2.42. The second-order valence-electron chi connectivity index (χ2n) is 6.06. The molecule has 1 unspecified atom stereocenters. The normalized spacial score (nSPS) is 19.8. The standard InChI is InChI=1S/C17H23NO2/c1-13-6-5-11-17(3,4)18(13)20-14(2)16-9-7-15(12-19)8-10-16/h7-10,12,14H,1,5-6,11H2,2-4H3. The summed E-state index contributed by atoms with van der Waals surface area (Å²) < 4.78 is 0. The number of carbonyl (C=O) groups excluding carboxylic acids is 1. The van der Waals surface area contributed by atoms with Gasteiger partial charge in [-0.3, -0.25) is 14.7 Å². The van der Waals surface area contributed by atoms with Gasteiger partial charge in [0.15, 0.2) is 0 Å². The van der Waals surface area contributed by atoms with Crippen LogP contribution in [0.15, 0.2) is 36.5 Å². The Hall–Kier alpha value is -1.61. The zero-order chi connectivity index (χ0) is 14.8. The molecular formula is C17H23NO2. The van der Waals surface area contributed by atoms with Crippen LogP contribution in [-0.4, -0.2) is 16.9 Å². The van der Waals surface area contributed by atoms with Gasteiger partial charge in [0.2, 0.25) is 0 Å². The van der Waals surface area contributed by atoms with Gasteiger partial charge in [-0.15, -0.1) is 0 Å². The second kappa shape index (κ2) is 5.80. The molecule has 108 valence electrons. The summed E-state index contributed by atoms with van der Waals surface area (Å²) in [6, 6.07) is 7.51. The Balaban J connectivity index is 2.10. The van der Waals surface area contributed by atoms with Crippen LogP contribution in [0.25, 0.3) is 0 Å². The zero-order valence-electron chi connectivity index (χ0n) is 12.6. The van der Waals surface area contributed by atoms with Gasteiger partial charge in [0.1, 0.15) is 12.4 Å². The van der Waals surface area contributed by atoms with E-state index in [4.69, 9.17) is 4.84 Å². The molecule has 1 aromatic rings. The molecule has 0 saturated carbocycles. The molecule has 0 N–H and O–H groups in total. The van der Waals surface area contributed by atoms with E-state index in [0.717, 1.165) is 36.8 Å². The maximum Gasteiger partial charge on any atom is 0.150 e. The van der Waals surface area contributed by atoms with Crippen molar-refractivity contribution in [3.05, 3.63) is 47.7 Å². The van der Waals surface area contributed by atoms with Crippen LogP contribution in [0.2, 0.25) is 0 Å². The highest BCUT2D eigenvalue weighted by atomic mass is 16.7. The van der Waals surface area contributed by atoms with Crippen LogP contribution in [0.1, 0.15) is 62.1 Å². The summed E-state index contributed by atoms with van der Waals surface area (Å²) in [5, 5.41) is 1.97. The first kappa shape index (κ1) is 14.8. The predicted molar refractivity (Wildman–Crippen MR) is 80.2 cm³/mol. The molecule has 0 amide bonds. The van der Waals surface area contributed by atoms with E-state index in [0.29, 0.717) is 5.56 Å². The smallest absolute Gasteiger partial charge is 0.150 e. The third-order valence-electron chi connectivity index (χ3n) is 3.90. The molecule has 1 saturated heterocycles. The lowest BCUT2D eigenvalue weighted by Crippen LogP contribution is -2.45. The number of piperidine rings is 1. The van der Waals surface area contributed by atoms with Crippen LogP contribution in [-0.2, 0) is 4.84 Å². The summed E-state index contributed by atoms with van der Waals surface area (Å²) in [6.07, 6.45) is 4.03. The van der Waals surface area contributed by atoms with Gasteiger partial charge in [-0.1, -0.05) is 30.8 Å². The molecule has 1 atom stereocenters. The molecule has 1 aliphatic heterocycles. The monoisotopic (exact) mass is 273 g/mol.